The second-order valence-electron chi connectivity index (χ2n) is 0.129. The molecule has 0 atom stereocenters. The molecule has 2 nitrogen and oxygen atoms in total. The maximum absolute atomic E-state index is 8.67. The molecule has 0 aromatic heterocycles. The summed E-state index contributed by atoms with van der Waals surface area (Å²) < 4.78 is 15.9. The molecular weight excluding hydrogens is 156 g/mol. The quantitative estimate of drug-likeness (QED) is 0.473. The van der Waals surface area contributed by atoms with Crippen LogP contribution in [0, 0.1) is 0 Å². The summed E-state index contributed by atoms with van der Waals surface area (Å²) in [5.41, 5.74) is 0. The van der Waals surface area contributed by atoms with E-state index >= 15 is 0 Å². The minimum atomic E-state index is -2.12. The van der Waals surface area contributed by atoms with Gasteiger partial charge in [0.15, 0.2) is 0 Å². The summed E-state index contributed by atoms with van der Waals surface area (Å²) in [4.78, 5) is 0. The Morgan fingerprint density at radius 1 is 1.75 bits per heavy atom. The van der Waals surface area contributed by atoms with Crippen LogP contribution >= 0.6 is 0 Å². The third kappa shape index (κ3) is 13.2. The van der Waals surface area contributed by atoms with Crippen molar-refractivity contribution in [3.8, 4) is 0 Å². The fourth-order valence-electron chi connectivity index (χ4n) is 0. The van der Waals surface area contributed by atoms with Crippen LogP contribution in [0.5, 0.6) is 0 Å². The van der Waals surface area contributed by atoms with Gasteiger partial charge in [0.05, 0.1) is 0 Å². The first-order chi connectivity index (χ1) is 1.41. The topological polar surface area (TPSA) is 37.3 Å². The van der Waals surface area contributed by atoms with E-state index in [4.69, 9.17) is 7.51 Å². The molecule has 0 unspecified atom stereocenters. The van der Waals surface area contributed by atoms with Gasteiger partial charge in [0, 0.05) is 16.5 Å². The van der Waals surface area contributed by atoms with Crippen LogP contribution in [-0.2, 0) is 37.5 Å². The van der Waals surface area contributed by atoms with Crippen molar-refractivity contribution in [2.75, 3.05) is 0 Å². The van der Waals surface area contributed by atoms with Gasteiger partial charge in [0.1, 0.15) is 0 Å². The predicted octanol–water partition coefficient (Wildman–Crippen LogP) is -0.681. The number of hydrogen-bond donors (Lipinski definition) is 1. The second-order valence-corrected chi connectivity index (χ2v) is 0.671. The molecule has 0 aliphatic carbocycles. The van der Waals surface area contributed by atoms with Crippen LogP contribution in [0.25, 0.3) is 0 Å². The van der Waals surface area contributed by atoms with Crippen LogP contribution in [0.3, 0.4) is 0 Å². The molecule has 25 valence electrons. The van der Waals surface area contributed by atoms with Gasteiger partial charge < -0.3 is 0 Å². The molecule has 0 fully saturated rings. The van der Waals surface area contributed by atoms with Gasteiger partial charge >= 0.3 is 24.9 Å². The normalized spacial score (nSPS) is 2.25. The molecule has 0 heterocycles. The van der Waals surface area contributed by atoms with Crippen molar-refractivity contribution < 1.29 is 41.4 Å². The van der Waals surface area contributed by atoms with Gasteiger partial charge in [-0.15, -0.1) is 0 Å². The van der Waals surface area contributed by atoms with Crippen LogP contribution in [0.4, 0.5) is 0 Å². The SMILES string of the molecule is [Ni].[O]=[Zn][OH]. The Kier molecular flexibility index (Phi) is 20.2. The van der Waals surface area contributed by atoms with Gasteiger partial charge in [-0.3, -0.25) is 0 Å². The third-order valence-electron chi connectivity index (χ3n) is 0. The Morgan fingerprint density at radius 3 is 1.75 bits per heavy atom. The van der Waals surface area contributed by atoms with Gasteiger partial charge in [0.25, 0.3) is 0 Å². The van der Waals surface area contributed by atoms with Crippen molar-refractivity contribution in [3.05, 3.63) is 0 Å². The summed E-state index contributed by atoms with van der Waals surface area (Å²) in [6, 6.07) is 0. The zero-order valence-corrected chi connectivity index (χ0v) is 5.83. The summed E-state index contributed by atoms with van der Waals surface area (Å²) in [6.07, 6.45) is 0. The number of rotatable bonds is 0. The van der Waals surface area contributed by atoms with Crippen LogP contribution in [0.15, 0.2) is 0 Å². The molecule has 0 saturated carbocycles. The first kappa shape index (κ1) is 8.86. The fraction of sp³-hybridized carbons (Fsp3) is 0. The first-order valence-electron chi connectivity index (χ1n) is 0.605. The molecule has 0 bridgehead atoms. The van der Waals surface area contributed by atoms with E-state index in [1.54, 1.807) is 0 Å². The summed E-state index contributed by atoms with van der Waals surface area (Å²) >= 11 is -2.12. The van der Waals surface area contributed by atoms with Crippen molar-refractivity contribution in [1.29, 1.82) is 0 Å². The van der Waals surface area contributed by atoms with E-state index < -0.39 is 17.4 Å². The van der Waals surface area contributed by atoms with Gasteiger partial charge in [-0.25, -0.2) is 0 Å². The standard InChI is InChI=1S/Ni.H2O.O.Zn/h;1H2;;/q;;;+1/p-1. The van der Waals surface area contributed by atoms with Crippen molar-refractivity contribution in [2.24, 2.45) is 0 Å². The third-order valence-corrected chi connectivity index (χ3v) is 0. The Hall–Kier alpha value is 0.877. The van der Waals surface area contributed by atoms with Crippen molar-refractivity contribution in [3.63, 3.8) is 0 Å². The fourth-order valence-corrected chi connectivity index (χ4v) is 0. The van der Waals surface area contributed by atoms with Crippen molar-refractivity contribution in [1.82, 2.24) is 0 Å². The van der Waals surface area contributed by atoms with Crippen LogP contribution < -0.4 is 0 Å². The molecule has 4 heteroatoms. The Bertz CT molecular complexity index is 13.5. The first-order valence-corrected chi connectivity index (χ1v) is 3.14. The van der Waals surface area contributed by atoms with Crippen LogP contribution in [-0.4, -0.2) is 3.93 Å². The van der Waals surface area contributed by atoms with Crippen molar-refractivity contribution in [2.45, 2.75) is 0 Å². The van der Waals surface area contributed by atoms with Gasteiger partial charge in [-0.1, -0.05) is 0 Å². The molecule has 0 saturated heterocycles. The molecule has 0 rings (SSSR count). The van der Waals surface area contributed by atoms with E-state index in [1.165, 1.54) is 0 Å². The number of hydrogen-bond acceptors (Lipinski definition) is 1. The second kappa shape index (κ2) is 9.11. The van der Waals surface area contributed by atoms with Gasteiger partial charge in [-0.2, -0.15) is 0 Å². The van der Waals surface area contributed by atoms with Crippen LogP contribution in [0.2, 0.25) is 0 Å². The molecule has 0 spiro atoms. The average Bonchev–Trinajstić information content (AvgIpc) is 0.918. The molecule has 0 radical (unpaired) electrons. The molecule has 0 amide bonds. The molecule has 0 aromatic carbocycles. The Labute approximate surface area is 41.8 Å². The van der Waals surface area contributed by atoms with E-state index in [0.717, 1.165) is 0 Å². The Morgan fingerprint density at radius 2 is 1.75 bits per heavy atom. The minimum absolute atomic E-state index is 0. The van der Waals surface area contributed by atoms with Gasteiger partial charge in [0.2, 0.25) is 0 Å². The van der Waals surface area contributed by atoms with Crippen LogP contribution in [0.1, 0.15) is 0 Å². The Balaban J connectivity index is 0. The predicted molar refractivity (Wildman–Crippen MR) is 2.91 cm³/mol. The maximum atomic E-state index is 8.67. The molecule has 0 aliphatic rings. The summed E-state index contributed by atoms with van der Waals surface area (Å²) in [5.74, 6) is 0. The van der Waals surface area contributed by atoms with E-state index in [0.29, 0.717) is 0 Å². The molecule has 1 N–H and O–H groups in total. The monoisotopic (exact) mass is 155 g/mol. The molecular formula is HNiO2Zn. The summed E-state index contributed by atoms with van der Waals surface area (Å²) in [7, 11) is 0. The van der Waals surface area contributed by atoms with E-state index in [-0.39, 0.29) is 16.5 Å². The molecule has 4 heavy (non-hydrogen) atoms. The summed E-state index contributed by atoms with van der Waals surface area (Å²) in [6.45, 7) is 0. The van der Waals surface area contributed by atoms with E-state index in [2.05, 4.69) is 0 Å². The summed E-state index contributed by atoms with van der Waals surface area (Å²) in [5, 5.41) is 0. The molecule has 0 aromatic rings. The van der Waals surface area contributed by atoms with Gasteiger partial charge in [-0.05, 0) is 0 Å². The zero-order chi connectivity index (χ0) is 2.71. The van der Waals surface area contributed by atoms with E-state index in [1.807, 2.05) is 0 Å². The van der Waals surface area contributed by atoms with Crippen molar-refractivity contribution >= 4 is 0 Å². The zero-order valence-electron chi connectivity index (χ0n) is 1.88. The molecule has 0 aliphatic heterocycles. The average molecular weight is 157 g/mol. The van der Waals surface area contributed by atoms with E-state index in [9.17, 15) is 0 Å².